The molecular weight excluding hydrogens is 322 g/mol. The first kappa shape index (κ1) is 18.6. The fourth-order valence-electron chi connectivity index (χ4n) is 2.75. The number of methoxy groups -OCH3 is 3. The van der Waals surface area contributed by atoms with Crippen molar-refractivity contribution >= 4 is 5.91 Å². The predicted molar refractivity (Wildman–Crippen MR) is 94.6 cm³/mol. The number of nitrogens with one attached hydrogen (secondary N) is 1. The van der Waals surface area contributed by atoms with Crippen LogP contribution in [0, 0.1) is 6.92 Å². The molecule has 1 heterocycles. The Bertz CT molecular complexity index is 755. The SMILES string of the molecule is CCn1cc(C(C)NC(=O)c2ccc(OC)c(OC)c2OC)c(C)n1. The van der Waals surface area contributed by atoms with Gasteiger partial charge in [0.1, 0.15) is 0 Å². The molecule has 1 unspecified atom stereocenters. The Labute approximate surface area is 147 Å². The van der Waals surface area contributed by atoms with Gasteiger partial charge >= 0.3 is 0 Å². The van der Waals surface area contributed by atoms with Crippen molar-refractivity contribution in [2.45, 2.75) is 33.4 Å². The highest BCUT2D eigenvalue weighted by molar-refractivity contribution is 5.98. The second kappa shape index (κ2) is 7.92. The van der Waals surface area contributed by atoms with Gasteiger partial charge < -0.3 is 19.5 Å². The number of benzene rings is 1. The maximum Gasteiger partial charge on any atom is 0.255 e. The van der Waals surface area contributed by atoms with E-state index in [2.05, 4.69) is 10.4 Å². The molecule has 25 heavy (non-hydrogen) atoms. The van der Waals surface area contributed by atoms with Gasteiger partial charge in [-0.2, -0.15) is 5.10 Å². The number of carbonyl (C=O) groups excluding carboxylic acids is 1. The molecule has 1 aromatic carbocycles. The highest BCUT2D eigenvalue weighted by atomic mass is 16.5. The lowest BCUT2D eigenvalue weighted by molar-refractivity contribution is 0.0936. The molecule has 0 bridgehead atoms. The number of aryl methyl sites for hydroxylation is 2. The molecule has 7 nitrogen and oxygen atoms in total. The molecule has 7 heteroatoms. The topological polar surface area (TPSA) is 74.6 Å². The standard InChI is InChI=1S/C18H25N3O4/c1-7-21-10-14(12(3)20-21)11(2)19-18(22)13-8-9-15(23-4)17(25-6)16(13)24-5/h8-11H,7H2,1-6H3,(H,19,22). The summed E-state index contributed by atoms with van der Waals surface area (Å²) in [4.78, 5) is 12.7. The maximum absolute atomic E-state index is 12.7. The average molecular weight is 347 g/mol. The molecule has 0 fully saturated rings. The Morgan fingerprint density at radius 2 is 1.88 bits per heavy atom. The molecule has 2 rings (SSSR count). The number of carbonyl (C=O) groups is 1. The van der Waals surface area contributed by atoms with Crippen LogP contribution in [0.2, 0.25) is 0 Å². The number of aromatic nitrogens is 2. The molecule has 0 aliphatic heterocycles. The largest absolute Gasteiger partial charge is 0.493 e. The van der Waals surface area contributed by atoms with Gasteiger partial charge in [-0.15, -0.1) is 0 Å². The van der Waals surface area contributed by atoms with Crippen LogP contribution in [-0.2, 0) is 6.54 Å². The Kier molecular flexibility index (Phi) is 5.90. The normalized spacial score (nSPS) is 11.8. The van der Waals surface area contributed by atoms with Crippen LogP contribution in [0.15, 0.2) is 18.3 Å². The van der Waals surface area contributed by atoms with Gasteiger partial charge in [-0.05, 0) is 32.9 Å². The summed E-state index contributed by atoms with van der Waals surface area (Å²) in [5.41, 5.74) is 2.26. The zero-order chi connectivity index (χ0) is 18.6. The zero-order valence-electron chi connectivity index (χ0n) is 15.5. The van der Waals surface area contributed by atoms with Crippen LogP contribution in [0.4, 0.5) is 0 Å². The summed E-state index contributed by atoms with van der Waals surface area (Å²) in [6, 6.07) is 3.15. The van der Waals surface area contributed by atoms with Gasteiger partial charge in [0.2, 0.25) is 5.75 Å². The predicted octanol–water partition coefficient (Wildman–Crippen LogP) is 2.73. The quantitative estimate of drug-likeness (QED) is 0.833. The second-order valence-corrected chi connectivity index (χ2v) is 5.60. The van der Waals surface area contributed by atoms with Crippen LogP contribution in [0.1, 0.15) is 41.5 Å². The molecule has 1 amide bonds. The van der Waals surface area contributed by atoms with Crippen molar-refractivity contribution in [3.05, 3.63) is 35.2 Å². The molecule has 0 aliphatic carbocycles. The summed E-state index contributed by atoms with van der Waals surface area (Å²) >= 11 is 0. The molecule has 0 radical (unpaired) electrons. The van der Waals surface area contributed by atoms with E-state index in [9.17, 15) is 4.79 Å². The summed E-state index contributed by atoms with van der Waals surface area (Å²) in [5.74, 6) is 0.978. The highest BCUT2D eigenvalue weighted by Gasteiger charge is 2.23. The van der Waals surface area contributed by atoms with E-state index in [0.29, 0.717) is 22.8 Å². The van der Waals surface area contributed by atoms with Crippen LogP contribution >= 0.6 is 0 Å². The van der Waals surface area contributed by atoms with Gasteiger partial charge in [0.25, 0.3) is 5.91 Å². The number of rotatable bonds is 7. The van der Waals surface area contributed by atoms with Crippen LogP contribution in [0.25, 0.3) is 0 Å². The van der Waals surface area contributed by atoms with E-state index < -0.39 is 0 Å². The van der Waals surface area contributed by atoms with E-state index in [1.807, 2.05) is 31.6 Å². The molecule has 0 saturated heterocycles. The number of nitrogens with zero attached hydrogens (tertiary/aromatic N) is 2. The van der Waals surface area contributed by atoms with E-state index in [-0.39, 0.29) is 11.9 Å². The van der Waals surface area contributed by atoms with Crippen LogP contribution in [0.3, 0.4) is 0 Å². The number of amides is 1. The van der Waals surface area contributed by atoms with Gasteiger partial charge in [-0.1, -0.05) is 0 Å². The molecule has 0 aliphatic rings. The molecule has 1 aromatic heterocycles. The first-order valence-corrected chi connectivity index (χ1v) is 8.10. The lowest BCUT2D eigenvalue weighted by atomic mass is 10.1. The Morgan fingerprint density at radius 1 is 1.20 bits per heavy atom. The van der Waals surface area contributed by atoms with Crippen LogP contribution in [0.5, 0.6) is 17.2 Å². The molecular formula is C18H25N3O4. The van der Waals surface area contributed by atoms with E-state index in [4.69, 9.17) is 14.2 Å². The third-order valence-electron chi connectivity index (χ3n) is 4.07. The average Bonchev–Trinajstić information content (AvgIpc) is 3.00. The minimum Gasteiger partial charge on any atom is -0.493 e. The highest BCUT2D eigenvalue weighted by Crippen LogP contribution is 2.39. The van der Waals surface area contributed by atoms with Gasteiger partial charge in [0.05, 0.1) is 38.6 Å². The smallest absolute Gasteiger partial charge is 0.255 e. The Balaban J connectivity index is 2.29. The lowest BCUT2D eigenvalue weighted by Gasteiger charge is -2.17. The van der Waals surface area contributed by atoms with Crippen molar-refractivity contribution in [3.8, 4) is 17.2 Å². The van der Waals surface area contributed by atoms with Gasteiger partial charge in [-0.25, -0.2) is 0 Å². The third-order valence-corrected chi connectivity index (χ3v) is 4.07. The summed E-state index contributed by atoms with van der Waals surface area (Å²) in [6.07, 6.45) is 1.95. The third kappa shape index (κ3) is 3.70. The molecule has 1 atom stereocenters. The molecule has 0 spiro atoms. The van der Waals surface area contributed by atoms with Crippen molar-refractivity contribution in [2.75, 3.05) is 21.3 Å². The van der Waals surface area contributed by atoms with E-state index in [1.54, 1.807) is 12.1 Å². The number of hydrogen-bond acceptors (Lipinski definition) is 5. The first-order valence-electron chi connectivity index (χ1n) is 8.10. The molecule has 0 saturated carbocycles. The lowest BCUT2D eigenvalue weighted by Crippen LogP contribution is -2.27. The summed E-state index contributed by atoms with van der Waals surface area (Å²) < 4.78 is 17.8. The molecule has 136 valence electrons. The summed E-state index contributed by atoms with van der Waals surface area (Å²) in [7, 11) is 4.54. The van der Waals surface area contributed by atoms with Crippen molar-refractivity contribution in [2.24, 2.45) is 0 Å². The maximum atomic E-state index is 12.7. The minimum absolute atomic E-state index is 0.189. The van der Waals surface area contributed by atoms with Gasteiger partial charge in [-0.3, -0.25) is 9.48 Å². The van der Waals surface area contributed by atoms with Crippen molar-refractivity contribution in [3.63, 3.8) is 0 Å². The van der Waals surface area contributed by atoms with Crippen LogP contribution < -0.4 is 19.5 Å². The minimum atomic E-state index is -0.256. The van der Waals surface area contributed by atoms with Gasteiger partial charge in [0, 0.05) is 18.3 Å². The summed E-state index contributed by atoms with van der Waals surface area (Å²) in [6.45, 7) is 6.66. The van der Waals surface area contributed by atoms with E-state index in [1.165, 1.54) is 21.3 Å². The molecule has 1 N–H and O–H groups in total. The van der Waals surface area contributed by atoms with Crippen molar-refractivity contribution in [1.29, 1.82) is 0 Å². The Hall–Kier alpha value is -2.70. The molecule has 2 aromatic rings. The van der Waals surface area contributed by atoms with Crippen molar-refractivity contribution in [1.82, 2.24) is 15.1 Å². The van der Waals surface area contributed by atoms with Crippen LogP contribution in [-0.4, -0.2) is 37.0 Å². The number of hydrogen-bond donors (Lipinski definition) is 1. The van der Waals surface area contributed by atoms with E-state index in [0.717, 1.165) is 17.8 Å². The van der Waals surface area contributed by atoms with E-state index >= 15 is 0 Å². The van der Waals surface area contributed by atoms with Crippen molar-refractivity contribution < 1.29 is 19.0 Å². The van der Waals surface area contributed by atoms with Gasteiger partial charge in [0.15, 0.2) is 11.5 Å². The second-order valence-electron chi connectivity index (χ2n) is 5.60. The summed E-state index contributed by atoms with van der Waals surface area (Å²) in [5, 5.41) is 7.40. The number of ether oxygens (including phenoxy) is 3. The first-order chi connectivity index (χ1) is 12.0. The zero-order valence-corrected chi connectivity index (χ0v) is 15.5. The Morgan fingerprint density at radius 3 is 2.40 bits per heavy atom. The fourth-order valence-corrected chi connectivity index (χ4v) is 2.75. The monoisotopic (exact) mass is 347 g/mol. The fraction of sp³-hybridized carbons (Fsp3) is 0.444.